The van der Waals surface area contributed by atoms with Crippen molar-refractivity contribution >= 4 is 23.9 Å². The maximum absolute atomic E-state index is 9.22. The molecule has 86 valence electrons. The highest BCUT2D eigenvalue weighted by molar-refractivity contribution is 7.96. The SMILES string of the molecule is OCC1=CC2=c3ccccc3=COSC2C=C1. The largest absolute Gasteiger partial charge is 0.432 e. The van der Waals surface area contributed by atoms with Gasteiger partial charge in [0, 0.05) is 5.22 Å². The van der Waals surface area contributed by atoms with Crippen molar-refractivity contribution in [2.75, 3.05) is 6.61 Å². The molecule has 1 unspecified atom stereocenters. The molecular formula is C14H12O2S. The summed E-state index contributed by atoms with van der Waals surface area (Å²) in [5.74, 6) is 0. The van der Waals surface area contributed by atoms with Crippen LogP contribution >= 0.6 is 12.0 Å². The lowest BCUT2D eigenvalue weighted by Crippen LogP contribution is -2.28. The van der Waals surface area contributed by atoms with E-state index < -0.39 is 0 Å². The standard InChI is InChI=1S/C14H12O2S/c15-8-10-5-6-14-13(7-10)12-4-2-1-3-11(12)9-16-17-14/h1-7,9,14-15H,8H2. The van der Waals surface area contributed by atoms with Crippen molar-refractivity contribution in [3.63, 3.8) is 0 Å². The predicted octanol–water partition coefficient (Wildman–Crippen LogP) is 1.11. The maximum atomic E-state index is 9.22. The maximum Gasteiger partial charge on any atom is 0.109 e. The Bertz CT molecular complexity index is 613. The number of aliphatic hydroxyl groups excluding tert-OH is 1. The molecule has 2 nitrogen and oxygen atoms in total. The van der Waals surface area contributed by atoms with Crippen LogP contribution in [0.3, 0.4) is 0 Å². The van der Waals surface area contributed by atoms with Gasteiger partial charge in [-0.2, -0.15) is 0 Å². The molecule has 0 spiro atoms. The number of aliphatic hydroxyl groups is 1. The van der Waals surface area contributed by atoms with Crippen LogP contribution < -0.4 is 10.4 Å². The first kappa shape index (κ1) is 10.7. The Morgan fingerprint density at radius 3 is 3.06 bits per heavy atom. The van der Waals surface area contributed by atoms with Crippen molar-refractivity contribution < 1.29 is 9.29 Å². The van der Waals surface area contributed by atoms with Crippen LogP contribution in [-0.4, -0.2) is 17.0 Å². The van der Waals surface area contributed by atoms with Gasteiger partial charge in [0.2, 0.25) is 0 Å². The van der Waals surface area contributed by atoms with Crippen LogP contribution in [0.25, 0.3) is 11.8 Å². The number of allylic oxidation sites excluding steroid dienone is 1. The van der Waals surface area contributed by atoms with Crippen molar-refractivity contribution in [3.8, 4) is 0 Å². The van der Waals surface area contributed by atoms with E-state index in [2.05, 4.69) is 18.2 Å². The minimum atomic E-state index is 0.0735. The van der Waals surface area contributed by atoms with E-state index in [4.69, 9.17) is 4.18 Å². The summed E-state index contributed by atoms with van der Waals surface area (Å²) < 4.78 is 5.49. The zero-order valence-electron chi connectivity index (χ0n) is 9.17. The third kappa shape index (κ3) is 1.92. The fourth-order valence-electron chi connectivity index (χ4n) is 2.06. The molecule has 1 aromatic rings. The van der Waals surface area contributed by atoms with Crippen molar-refractivity contribution in [1.29, 1.82) is 0 Å². The highest BCUT2D eigenvalue weighted by Crippen LogP contribution is 2.28. The summed E-state index contributed by atoms with van der Waals surface area (Å²) in [5, 5.41) is 11.7. The third-order valence-corrected chi connectivity index (χ3v) is 3.75. The fraction of sp³-hybridized carbons (Fsp3) is 0.143. The number of benzene rings is 1. The summed E-state index contributed by atoms with van der Waals surface area (Å²) in [6, 6.07) is 8.15. The van der Waals surface area contributed by atoms with Crippen molar-refractivity contribution in [3.05, 3.63) is 58.5 Å². The van der Waals surface area contributed by atoms with E-state index in [1.165, 1.54) is 22.8 Å². The van der Waals surface area contributed by atoms with Gasteiger partial charge >= 0.3 is 0 Å². The molecule has 0 amide bonds. The molecule has 0 saturated heterocycles. The van der Waals surface area contributed by atoms with E-state index in [1.54, 1.807) is 6.26 Å². The minimum absolute atomic E-state index is 0.0735. The summed E-state index contributed by atoms with van der Waals surface area (Å²) in [6.45, 7) is 0.0735. The average molecular weight is 244 g/mol. The summed E-state index contributed by atoms with van der Waals surface area (Å²) >= 11 is 1.43. The van der Waals surface area contributed by atoms with Crippen LogP contribution in [0, 0.1) is 0 Å². The van der Waals surface area contributed by atoms with Gasteiger partial charge in [0.15, 0.2) is 0 Å². The molecule has 0 bridgehead atoms. The van der Waals surface area contributed by atoms with Crippen LogP contribution in [0.5, 0.6) is 0 Å². The number of rotatable bonds is 1. The van der Waals surface area contributed by atoms with E-state index in [0.717, 1.165) is 10.8 Å². The van der Waals surface area contributed by atoms with Gasteiger partial charge in [-0.05, 0) is 16.4 Å². The van der Waals surface area contributed by atoms with E-state index in [0.29, 0.717) is 0 Å². The molecule has 0 fully saturated rings. The van der Waals surface area contributed by atoms with Crippen LogP contribution in [-0.2, 0) is 4.18 Å². The summed E-state index contributed by atoms with van der Waals surface area (Å²) in [5.41, 5.74) is 2.14. The highest BCUT2D eigenvalue weighted by Gasteiger charge is 2.18. The monoisotopic (exact) mass is 244 g/mol. The smallest absolute Gasteiger partial charge is 0.109 e. The normalized spacial score (nSPS) is 21.6. The second-order valence-electron chi connectivity index (χ2n) is 4.01. The first-order valence-electron chi connectivity index (χ1n) is 5.50. The second kappa shape index (κ2) is 4.43. The summed E-state index contributed by atoms with van der Waals surface area (Å²) in [7, 11) is 0. The van der Waals surface area contributed by atoms with E-state index >= 15 is 0 Å². The lowest BCUT2D eigenvalue weighted by molar-refractivity contribution is 0.335. The lowest BCUT2D eigenvalue weighted by Gasteiger charge is -2.16. The Hall–Kier alpha value is -1.45. The molecule has 0 saturated carbocycles. The number of hydrogen-bond donors (Lipinski definition) is 1. The van der Waals surface area contributed by atoms with Crippen molar-refractivity contribution in [2.45, 2.75) is 5.25 Å². The van der Waals surface area contributed by atoms with Crippen LogP contribution in [0.4, 0.5) is 0 Å². The molecule has 3 rings (SSSR count). The zero-order valence-corrected chi connectivity index (χ0v) is 9.98. The van der Waals surface area contributed by atoms with Gasteiger partial charge in [-0.25, -0.2) is 0 Å². The Kier molecular flexibility index (Phi) is 2.79. The molecule has 1 aliphatic heterocycles. The minimum Gasteiger partial charge on any atom is -0.432 e. The average Bonchev–Trinajstić information content (AvgIpc) is 2.57. The van der Waals surface area contributed by atoms with Gasteiger partial charge in [-0.1, -0.05) is 42.5 Å². The molecule has 1 N–H and O–H groups in total. The first-order chi connectivity index (χ1) is 8.38. The van der Waals surface area contributed by atoms with Crippen LogP contribution in [0.1, 0.15) is 0 Å². The zero-order chi connectivity index (χ0) is 11.7. The van der Waals surface area contributed by atoms with Crippen LogP contribution in [0.15, 0.2) is 48.1 Å². The summed E-state index contributed by atoms with van der Waals surface area (Å²) in [6.07, 6.45) is 7.87. The van der Waals surface area contributed by atoms with Crippen molar-refractivity contribution in [2.24, 2.45) is 0 Å². The van der Waals surface area contributed by atoms with E-state index in [-0.39, 0.29) is 11.9 Å². The van der Waals surface area contributed by atoms with E-state index in [1.807, 2.05) is 24.3 Å². The van der Waals surface area contributed by atoms with Crippen molar-refractivity contribution in [1.82, 2.24) is 0 Å². The lowest BCUT2D eigenvalue weighted by atomic mass is 9.99. The quantitative estimate of drug-likeness (QED) is 0.750. The van der Waals surface area contributed by atoms with Gasteiger partial charge in [-0.3, -0.25) is 0 Å². The molecule has 2 aliphatic rings. The van der Waals surface area contributed by atoms with Crippen LogP contribution in [0.2, 0.25) is 0 Å². The van der Waals surface area contributed by atoms with Gasteiger partial charge in [0.25, 0.3) is 0 Å². The molecule has 1 heterocycles. The molecule has 1 aromatic carbocycles. The second-order valence-corrected chi connectivity index (χ2v) is 4.90. The predicted molar refractivity (Wildman–Crippen MR) is 70.3 cm³/mol. The van der Waals surface area contributed by atoms with Gasteiger partial charge in [0.1, 0.15) is 6.26 Å². The summed E-state index contributed by atoms with van der Waals surface area (Å²) in [4.78, 5) is 0. The van der Waals surface area contributed by atoms with Gasteiger partial charge in [0.05, 0.1) is 23.9 Å². The molecule has 17 heavy (non-hydrogen) atoms. The number of fused-ring (bicyclic) bond motifs is 2. The Morgan fingerprint density at radius 1 is 1.29 bits per heavy atom. The van der Waals surface area contributed by atoms with Gasteiger partial charge in [-0.15, -0.1) is 0 Å². The fourth-order valence-corrected chi connectivity index (χ4v) is 2.78. The topological polar surface area (TPSA) is 29.5 Å². The molecule has 0 aromatic heterocycles. The Morgan fingerprint density at radius 2 is 2.18 bits per heavy atom. The number of hydrogen-bond acceptors (Lipinski definition) is 3. The first-order valence-corrected chi connectivity index (χ1v) is 6.30. The molecular weight excluding hydrogens is 232 g/mol. The Balaban J connectivity index is 2.31. The van der Waals surface area contributed by atoms with E-state index in [9.17, 15) is 5.11 Å². The molecule has 0 radical (unpaired) electrons. The molecule has 1 aliphatic carbocycles. The highest BCUT2D eigenvalue weighted by atomic mass is 32.2. The Labute approximate surface area is 104 Å². The van der Waals surface area contributed by atoms with Gasteiger partial charge < -0.3 is 9.29 Å². The molecule has 1 atom stereocenters. The third-order valence-electron chi connectivity index (χ3n) is 2.92. The molecule has 3 heteroatoms.